The molecular weight excluding hydrogens is 138 g/mol. The molecule has 0 saturated carbocycles. The molecule has 0 aliphatic heterocycles. The summed E-state index contributed by atoms with van der Waals surface area (Å²) >= 11 is 0. The molecule has 1 aromatic carbocycles. The molecule has 0 atom stereocenters. The molecule has 0 aromatic heterocycles. The molecular formula is C9H10NO. The lowest BCUT2D eigenvalue weighted by molar-refractivity contribution is 0.322. The second-order valence-electron chi connectivity index (χ2n) is 2.21. The second-order valence-corrected chi connectivity index (χ2v) is 2.21. The minimum absolute atomic E-state index is 0.859. The van der Waals surface area contributed by atoms with Gasteiger partial charge in [0.15, 0.2) is 0 Å². The molecule has 2 nitrogen and oxygen atoms in total. The van der Waals surface area contributed by atoms with Gasteiger partial charge in [0, 0.05) is 5.56 Å². The zero-order valence-corrected chi connectivity index (χ0v) is 6.41. The summed E-state index contributed by atoms with van der Waals surface area (Å²) in [5, 5.41) is 11.2. The number of aryl methyl sites for hydroxylation is 1. The maximum atomic E-state index is 8.29. The lowest BCUT2D eigenvalue weighted by Crippen LogP contribution is -1.89. The van der Waals surface area contributed by atoms with Gasteiger partial charge in [-0.1, -0.05) is 30.3 Å². The predicted molar refractivity (Wildman–Crippen MR) is 44.0 cm³/mol. The fraction of sp³-hybridized carbons (Fsp3) is 0.222. The van der Waals surface area contributed by atoms with E-state index in [0.29, 0.717) is 0 Å². The zero-order chi connectivity index (χ0) is 8.10. The normalized spacial score (nSPS) is 10.6. The predicted octanol–water partition coefficient (Wildman–Crippen LogP) is 1.86. The van der Waals surface area contributed by atoms with Crippen molar-refractivity contribution in [1.82, 2.24) is 0 Å². The van der Waals surface area contributed by atoms with Gasteiger partial charge in [-0.05, 0) is 18.1 Å². The molecule has 0 fully saturated rings. The number of oxime groups is 1. The molecule has 1 rings (SSSR count). The molecule has 2 heteroatoms. The van der Waals surface area contributed by atoms with Crippen LogP contribution >= 0.6 is 0 Å². The Morgan fingerprint density at radius 1 is 1.73 bits per heavy atom. The van der Waals surface area contributed by atoms with Gasteiger partial charge in [-0.2, -0.15) is 0 Å². The van der Waals surface area contributed by atoms with E-state index in [9.17, 15) is 0 Å². The zero-order valence-electron chi connectivity index (χ0n) is 6.41. The minimum atomic E-state index is 0.859. The van der Waals surface area contributed by atoms with E-state index >= 15 is 0 Å². The van der Waals surface area contributed by atoms with Crippen LogP contribution in [-0.4, -0.2) is 11.4 Å². The van der Waals surface area contributed by atoms with Crippen LogP contribution in [-0.2, 0) is 6.42 Å². The molecule has 57 valence electrons. The van der Waals surface area contributed by atoms with E-state index in [2.05, 4.69) is 18.1 Å². The lowest BCUT2D eigenvalue weighted by atomic mass is 10.1. The second kappa shape index (κ2) is 3.76. The van der Waals surface area contributed by atoms with Crippen molar-refractivity contribution < 1.29 is 5.21 Å². The summed E-state index contributed by atoms with van der Waals surface area (Å²) in [7, 11) is 0. The Morgan fingerprint density at radius 2 is 2.55 bits per heavy atom. The largest absolute Gasteiger partial charge is 0.411 e. The SMILES string of the molecule is CCc1ccc[c]c1C=NO. The van der Waals surface area contributed by atoms with Crippen LogP contribution in [0.25, 0.3) is 0 Å². The average molecular weight is 148 g/mol. The summed E-state index contributed by atoms with van der Waals surface area (Å²) in [6, 6.07) is 8.70. The maximum Gasteiger partial charge on any atom is 0.0742 e. The Hall–Kier alpha value is -1.31. The Bertz CT molecular complexity index is 255. The fourth-order valence-electron chi connectivity index (χ4n) is 0.971. The van der Waals surface area contributed by atoms with Gasteiger partial charge in [0.2, 0.25) is 0 Å². The van der Waals surface area contributed by atoms with Gasteiger partial charge in [-0.3, -0.25) is 0 Å². The first-order valence-electron chi connectivity index (χ1n) is 3.55. The highest BCUT2D eigenvalue weighted by atomic mass is 16.4. The van der Waals surface area contributed by atoms with Crippen LogP contribution in [0.1, 0.15) is 18.1 Å². The minimum Gasteiger partial charge on any atom is -0.411 e. The van der Waals surface area contributed by atoms with E-state index in [4.69, 9.17) is 5.21 Å². The van der Waals surface area contributed by atoms with E-state index in [-0.39, 0.29) is 0 Å². The summed E-state index contributed by atoms with van der Waals surface area (Å²) in [5.74, 6) is 0. The molecule has 1 N–H and O–H groups in total. The standard InChI is InChI=1S/C9H10NO/c1-2-8-5-3-4-6-9(8)7-10-11/h3-5,7,11H,2H2,1H3. The first kappa shape index (κ1) is 7.79. The summed E-state index contributed by atoms with van der Waals surface area (Å²) in [5.41, 5.74) is 2.00. The van der Waals surface area contributed by atoms with Crippen LogP contribution in [0.15, 0.2) is 23.4 Å². The Morgan fingerprint density at radius 3 is 3.18 bits per heavy atom. The molecule has 11 heavy (non-hydrogen) atoms. The van der Waals surface area contributed by atoms with Gasteiger partial charge >= 0.3 is 0 Å². The fourth-order valence-corrected chi connectivity index (χ4v) is 0.971. The summed E-state index contributed by atoms with van der Waals surface area (Å²) in [6.45, 7) is 2.05. The topological polar surface area (TPSA) is 32.6 Å². The Kier molecular flexibility index (Phi) is 2.66. The number of hydrogen-bond acceptors (Lipinski definition) is 2. The van der Waals surface area contributed by atoms with Gasteiger partial charge < -0.3 is 5.21 Å². The molecule has 0 spiro atoms. The molecule has 0 aliphatic carbocycles. The van der Waals surface area contributed by atoms with E-state index < -0.39 is 0 Å². The molecule has 0 bridgehead atoms. The van der Waals surface area contributed by atoms with Crippen molar-refractivity contribution in [1.29, 1.82) is 0 Å². The molecule has 0 amide bonds. The van der Waals surface area contributed by atoms with Crippen LogP contribution < -0.4 is 0 Å². The molecule has 0 heterocycles. The van der Waals surface area contributed by atoms with Crippen molar-refractivity contribution in [3.05, 3.63) is 35.4 Å². The van der Waals surface area contributed by atoms with Crippen molar-refractivity contribution in [2.45, 2.75) is 13.3 Å². The first-order valence-corrected chi connectivity index (χ1v) is 3.55. The molecule has 0 saturated heterocycles. The smallest absolute Gasteiger partial charge is 0.0742 e. The van der Waals surface area contributed by atoms with Crippen molar-refractivity contribution in [3.63, 3.8) is 0 Å². The van der Waals surface area contributed by atoms with Crippen molar-refractivity contribution in [2.75, 3.05) is 0 Å². The van der Waals surface area contributed by atoms with Gasteiger partial charge in [0.05, 0.1) is 6.21 Å². The van der Waals surface area contributed by atoms with E-state index in [0.717, 1.165) is 17.5 Å². The monoisotopic (exact) mass is 148 g/mol. The Labute approximate surface area is 66.2 Å². The van der Waals surface area contributed by atoms with E-state index in [1.165, 1.54) is 6.21 Å². The summed E-state index contributed by atoms with van der Waals surface area (Å²) in [4.78, 5) is 0. The average Bonchev–Trinajstić information content (AvgIpc) is 2.06. The van der Waals surface area contributed by atoms with Crippen molar-refractivity contribution in [3.8, 4) is 0 Å². The quantitative estimate of drug-likeness (QED) is 0.387. The van der Waals surface area contributed by atoms with Gasteiger partial charge in [-0.15, -0.1) is 0 Å². The van der Waals surface area contributed by atoms with Crippen LogP contribution in [0.5, 0.6) is 0 Å². The van der Waals surface area contributed by atoms with E-state index in [1.54, 1.807) is 6.07 Å². The highest BCUT2D eigenvalue weighted by molar-refractivity contribution is 5.80. The third-order valence-corrected chi connectivity index (χ3v) is 1.55. The van der Waals surface area contributed by atoms with Crippen molar-refractivity contribution in [2.24, 2.45) is 5.16 Å². The highest BCUT2D eigenvalue weighted by Gasteiger charge is 1.94. The third-order valence-electron chi connectivity index (χ3n) is 1.55. The number of hydrogen-bond donors (Lipinski definition) is 1. The number of rotatable bonds is 2. The van der Waals surface area contributed by atoms with Crippen LogP contribution in [0.3, 0.4) is 0 Å². The lowest BCUT2D eigenvalue weighted by Gasteiger charge is -1.98. The van der Waals surface area contributed by atoms with Crippen LogP contribution in [0.4, 0.5) is 0 Å². The van der Waals surface area contributed by atoms with Crippen LogP contribution in [0.2, 0.25) is 0 Å². The molecule has 0 aliphatic rings. The molecule has 0 unspecified atom stereocenters. The first-order chi connectivity index (χ1) is 5.38. The van der Waals surface area contributed by atoms with Gasteiger partial charge in [0.25, 0.3) is 0 Å². The van der Waals surface area contributed by atoms with Gasteiger partial charge in [-0.25, -0.2) is 0 Å². The van der Waals surface area contributed by atoms with E-state index in [1.807, 2.05) is 12.1 Å². The molecule has 1 radical (unpaired) electrons. The summed E-state index contributed by atoms with van der Waals surface area (Å²) in [6.07, 6.45) is 2.33. The third kappa shape index (κ3) is 1.80. The summed E-state index contributed by atoms with van der Waals surface area (Å²) < 4.78 is 0. The highest BCUT2D eigenvalue weighted by Crippen LogP contribution is 2.05. The molecule has 1 aromatic rings. The number of benzene rings is 1. The van der Waals surface area contributed by atoms with Crippen molar-refractivity contribution >= 4 is 6.21 Å². The Balaban J connectivity index is 3.02. The number of nitrogens with zero attached hydrogens (tertiary/aromatic N) is 1. The van der Waals surface area contributed by atoms with Crippen LogP contribution in [0, 0.1) is 6.07 Å². The maximum absolute atomic E-state index is 8.29. The van der Waals surface area contributed by atoms with Gasteiger partial charge in [0.1, 0.15) is 0 Å².